The number of likely N-dealkylation sites (tertiary alicyclic amines) is 1. The second-order valence-corrected chi connectivity index (χ2v) is 7.08. The molecule has 1 heterocycles. The Morgan fingerprint density at radius 1 is 1.35 bits per heavy atom. The molecule has 142 valence electrons. The lowest BCUT2D eigenvalue weighted by Crippen LogP contribution is -2.51. The minimum atomic E-state index is -0.636. The number of halogens is 2. The third-order valence-corrected chi connectivity index (χ3v) is 5.21. The van der Waals surface area contributed by atoms with E-state index >= 15 is 0 Å². The van der Waals surface area contributed by atoms with Gasteiger partial charge in [-0.25, -0.2) is 8.78 Å². The molecule has 1 aliphatic carbocycles. The lowest BCUT2D eigenvalue weighted by molar-refractivity contribution is -0.143. The van der Waals surface area contributed by atoms with Crippen LogP contribution >= 0.6 is 0 Å². The summed E-state index contributed by atoms with van der Waals surface area (Å²) in [6.07, 6.45) is 3.01. The molecule has 0 spiro atoms. The van der Waals surface area contributed by atoms with Crippen molar-refractivity contribution in [2.45, 2.75) is 50.2 Å². The van der Waals surface area contributed by atoms with E-state index in [2.05, 4.69) is 0 Å². The zero-order valence-corrected chi connectivity index (χ0v) is 15.1. The fourth-order valence-corrected chi connectivity index (χ4v) is 3.61. The van der Waals surface area contributed by atoms with E-state index in [4.69, 9.17) is 4.74 Å². The lowest BCUT2D eigenvalue weighted by Gasteiger charge is -2.33. The largest absolute Gasteiger partial charge is 0.383 e. The first-order valence-electron chi connectivity index (χ1n) is 8.93. The first kappa shape index (κ1) is 18.8. The summed E-state index contributed by atoms with van der Waals surface area (Å²) in [6.45, 7) is 0.225. The van der Waals surface area contributed by atoms with Crippen molar-refractivity contribution in [1.82, 2.24) is 9.80 Å². The van der Waals surface area contributed by atoms with E-state index in [9.17, 15) is 18.4 Å². The Bertz CT molecular complexity index is 693. The van der Waals surface area contributed by atoms with Gasteiger partial charge in [0.25, 0.3) is 0 Å². The van der Waals surface area contributed by atoms with Crippen molar-refractivity contribution in [1.29, 1.82) is 0 Å². The fraction of sp³-hybridized carbons (Fsp3) is 0.579. The molecule has 3 rings (SSSR count). The maximum absolute atomic E-state index is 14.0. The SMILES string of the molecule is COCC(Cc1ccc(F)cc1F)N(C)C(=O)C1CCC(=O)N1C1CC1. The minimum Gasteiger partial charge on any atom is -0.383 e. The van der Waals surface area contributed by atoms with E-state index in [-0.39, 0.29) is 30.9 Å². The number of carbonyl (C=O) groups excluding carboxylic acids is 2. The molecule has 2 atom stereocenters. The van der Waals surface area contributed by atoms with Crippen LogP contribution in [0.3, 0.4) is 0 Å². The Balaban J connectivity index is 1.74. The molecule has 2 amide bonds. The van der Waals surface area contributed by atoms with Crippen molar-refractivity contribution in [2.24, 2.45) is 0 Å². The molecule has 26 heavy (non-hydrogen) atoms. The van der Waals surface area contributed by atoms with Crippen LogP contribution in [0.15, 0.2) is 18.2 Å². The van der Waals surface area contributed by atoms with Gasteiger partial charge in [0.15, 0.2) is 0 Å². The molecule has 2 fully saturated rings. The topological polar surface area (TPSA) is 49.9 Å². The molecule has 7 heteroatoms. The van der Waals surface area contributed by atoms with Gasteiger partial charge in [-0.15, -0.1) is 0 Å². The first-order chi connectivity index (χ1) is 12.4. The van der Waals surface area contributed by atoms with Gasteiger partial charge in [-0.05, 0) is 37.3 Å². The molecule has 0 radical (unpaired) electrons. The summed E-state index contributed by atoms with van der Waals surface area (Å²) >= 11 is 0. The molecule has 0 bridgehead atoms. The number of nitrogens with zero attached hydrogens (tertiary/aromatic N) is 2. The molecule has 1 aliphatic heterocycles. The van der Waals surface area contributed by atoms with E-state index in [0.29, 0.717) is 18.4 Å². The Morgan fingerprint density at radius 2 is 2.08 bits per heavy atom. The van der Waals surface area contributed by atoms with Gasteiger partial charge >= 0.3 is 0 Å². The highest BCUT2D eigenvalue weighted by Crippen LogP contribution is 2.35. The summed E-state index contributed by atoms with van der Waals surface area (Å²) in [5.41, 5.74) is 0.328. The Morgan fingerprint density at radius 3 is 2.69 bits per heavy atom. The van der Waals surface area contributed by atoms with Gasteiger partial charge in [0.1, 0.15) is 17.7 Å². The molecule has 1 saturated heterocycles. The van der Waals surface area contributed by atoms with Crippen LogP contribution in [0.25, 0.3) is 0 Å². The Labute approximate surface area is 151 Å². The highest BCUT2D eigenvalue weighted by molar-refractivity contribution is 5.91. The highest BCUT2D eigenvalue weighted by Gasteiger charge is 2.45. The molecular weight excluding hydrogens is 342 g/mol. The van der Waals surface area contributed by atoms with Crippen LogP contribution < -0.4 is 0 Å². The number of rotatable bonds is 7. The number of carbonyl (C=O) groups is 2. The van der Waals surface area contributed by atoms with Crippen molar-refractivity contribution < 1.29 is 23.1 Å². The van der Waals surface area contributed by atoms with Gasteiger partial charge in [-0.1, -0.05) is 6.07 Å². The summed E-state index contributed by atoms with van der Waals surface area (Å²) < 4.78 is 32.3. The third-order valence-electron chi connectivity index (χ3n) is 5.21. The number of ether oxygens (including phenoxy) is 1. The maximum atomic E-state index is 14.0. The number of likely N-dealkylation sites (N-methyl/N-ethyl adjacent to an activating group) is 1. The van der Waals surface area contributed by atoms with Crippen molar-refractivity contribution in [2.75, 3.05) is 20.8 Å². The highest BCUT2D eigenvalue weighted by atomic mass is 19.1. The number of hydrogen-bond donors (Lipinski definition) is 0. The average Bonchev–Trinajstić information content (AvgIpc) is 3.37. The van der Waals surface area contributed by atoms with Gasteiger partial charge in [0.2, 0.25) is 11.8 Å². The van der Waals surface area contributed by atoms with Crippen LogP contribution in [0.2, 0.25) is 0 Å². The summed E-state index contributed by atoms with van der Waals surface area (Å²) in [4.78, 5) is 28.4. The van der Waals surface area contributed by atoms with Crippen molar-refractivity contribution in [3.8, 4) is 0 Å². The van der Waals surface area contributed by atoms with Crippen LogP contribution in [0.4, 0.5) is 8.78 Å². The predicted octanol–water partition coefficient (Wildman–Crippen LogP) is 2.13. The molecule has 0 aromatic heterocycles. The molecule has 2 unspecified atom stereocenters. The van der Waals surface area contributed by atoms with E-state index in [1.807, 2.05) is 0 Å². The second kappa shape index (κ2) is 7.70. The number of hydrogen-bond acceptors (Lipinski definition) is 3. The maximum Gasteiger partial charge on any atom is 0.245 e. The molecular formula is C19H24F2N2O3. The molecule has 1 aromatic rings. The Hall–Kier alpha value is -2.02. The first-order valence-corrected chi connectivity index (χ1v) is 8.93. The van der Waals surface area contributed by atoms with Gasteiger partial charge < -0.3 is 14.5 Å². The normalized spacial score (nSPS) is 21.2. The van der Waals surface area contributed by atoms with Crippen LogP contribution in [-0.4, -0.2) is 60.5 Å². The van der Waals surface area contributed by atoms with Crippen LogP contribution in [0, 0.1) is 11.6 Å². The summed E-state index contributed by atoms with van der Waals surface area (Å²) in [5.74, 6) is -1.38. The smallest absolute Gasteiger partial charge is 0.245 e. The quantitative estimate of drug-likeness (QED) is 0.743. The van der Waals surface area contributed by atoms with Crippen molar-refractivity contribution in [3.63, 3.8) is 0 Å². The lowest BCUT2D eigenvalue weighted by atomic mass is 10.0. The number of benzene rings is 1. The van der Waals surface area contributed by atoms with Crippen molar-refractivity contribution >= 4 is 11.8 Å². The third kappa shape index (κ3) is 3.87. The monoisotopic (exact) mass is 366 g/mol. The standard InChI is InChI=1S/C19H24F2N2O3/c1-22(19(25)17-7-8-18(24)23(17)14-5-6-14)15(11-26-2)9-12-3-4-13(20)10-16(12)21/h3-4,10,14-15,17H,5-9,11H2,1-2H3. The number of amides is 2. The van der Waals surface area contributed by atoms with Gasteiger partial charge in [0.05, 0.1) is 12.6 Å². The van der Waals surface area contributed by atoms with Crippen molar-refractivity contribution in [3.05, 3.63) is 35.4 Å². The van der Waals surface area contributed by atoms with Gasteiger partial charge in [-0.2, -0.15) is 0 Å². The summed E-state index contributed by atoms with van der Waals surface area (Å²) in [5, 5.41) is 0. The molecule has 5 nitrogen and oxygen atoms in total. The average molecular weight is 366 g/mol. The molecule has 0 N–H and O–H groups in total. The predicted molar refractivity (Wildman–Crippen MR) is 91.4 cm³/mol. The van der Waals surface area contributed by atoms with E-state index in [1.54, 1.807) is 16.8 Å². The van der Waals surface area contributed by atoms with Crippen LogP contribution in [-0.2, 0) is 20.7 Å². The molecule has 1 saturated carbocycles. The van der Waals surface area contributed by atoms with Crippen LogP contribution in [0.1, 0.15) is 31.2 Å². The van der Waals surface area contributed by atoms with E-state index in [0.717, 1.165) is 18.9 Å². The summed E-state index contributed by atoms with van der Waals surface area (Å²) in [6, 6.07) is 2.77. The minimum absolute atomic E-state index is 0.0344. The fourth-order valence-electron chi connectivity index (χ4n) is 3.61. The van der Waals surface area contributed by atoms with E-state index < -0.39 is 23.7 Å². The molecule has 2 aliphatic rings. The molecule has 1 aromatic carbocycles. The number of methoxy groups -OCH3 is 1. The van der Waals surface area contributed by atoms with E-state index in [1.165, 1.54) is 19.2 Å². The summed E-state index contributed by atoms with van der Waals surface area (Å²) in [7, 11) is 3.17. The van der Waals surface area contributed by atoms with Gasteiger partial charge in [-0.3, -0.25) is 9.59 Å². The second-order valence-electron chi connectivity index (χ2n) is 7.08. The van der Waals surface area contributed by atoms with Gasteiger partial charge in [0, 0.05) is 32.7 Å². The zero-order valence-electron chi connectivity index (χ0n) is 15.1. The zero-order chi connectivity index (χ0) is 18.8. The Kier molecular flexibility index (Phi) is 5.55. The van der Waals surface area contributed by atoms with Crippen LogP contribution in [0.5, 0.6) is 0 Å².